The molecule has 0 fully saturated rings. The predicted octanol–water partition coefficient (Wildman–Crippen LogP) is 13.0. The first-order valence-corrected chi connectivity index (χ1v) is 17.8. The van der Waals surface area contributed by atoms with Crippen molar-refractivity contribution in [1.29, 1.82) is 0 Å². The number of rotatable bonds is 9. The number of benzene rings is 8. The molecule has 0 amide bonds. The van der Waals surface area contributed by atoms with Crippen LogP contribution in [-0.2, 0) is 6.42 Å². The van der Waals surface area contributed by atoms with Gasteiger partial charge in [-0.1, -0.05) is 152 Å². The highest BCUT2D eigenvalue weighted by Crippen LogP contribution is 2.38. The van der Waals surface area contributed by atoms with Crippen molar-refractivity contribution < 1.29 is 4.42 Å². The molecule has 0 N–H and O–H groups in total. The van der Waals surface area contributed by atoms with Crippen LogP contribution in [0.3, 0.4) is 0 Å². The third-order valence-electron chi connectivity index (χ3n) is 9.87. The van der Waals surface area contributed by atoms with Crippen LogP contribution < -0.4 is 4.90 Å². The lowest BCUT2D eigenvalue weighted by atomic mass is 9.97. The average molecular weight is 669 g/mol. The first-order valence-electron chi connectivity index (χ1n) is 17.8. The third-order valence-corrected chi connectivity index (χ3v) is 9.87. The number of hydrogen-bond acceptors (Lipinski definition) is 3. The number of oxazole rings is 1. The summed E-state index contributed by atoms with van der Waals surface area (Å²) >= 11 is 0. The van der Waals surface area contributed by atoms with Gasteiger partial charge in [-0.3, -0.25) is 0 Å². The van der Waals surface area contributed by atoms with Gasteiger partial charge in [0.15, 0.2) is 5.58 Å². The van der Waals surface area contributed by atoms with Crippen molar-refractivity contribution in [2.75, 3.05) is 11.4 Å². The number of anilines is 2. The van der Waals surface area contributed by atoms with E-state index in [0.717, 1.165) is 51.5 Å². The Kier molecular flexibility index (Phi) is 8.36. The van der Waals surface area contributed by atoms with E-state index in [2.05, 4.69) is 163 Å². The standard InChI is InChI=1S/C49H36N2O/c1-4-12-35(13-5-1)32-33-51(43-29-26-37(27-30-43)36-14-6-2-7-15-36)47-19-11-10-18-44(47)39-22-20-38(21-23-39)42-25-24-40-28-31-46-48(45(40)34-42)52-49(50-46)41-16-8-3-9-17-41/h1-31,34H,32-33H2. The van der Waals surface area contributed by atoms with Crippen molar-refractivity contribution >= 4 is 33.2 Å². The summed E-state index contributed by atoms with van der Waals surface area (Å²) < 4.78 is 6.37. The van der Waals surface area contributed by atoms with Gasteiger partial charge in [-0.05, 0) is 87.7 Å². The van der Waals surface area contributed by atoms with Crippen LogP contribution in [0.1, 0.15) is 5.56 Å². The van der Waals surface area contributed by atoms with Crippen molar-refractivity contribution in [2.45, 2.75) is 6.42 Å². The Bertz CT molecular complexity index is 2590. The molecule has 0 aliphatic heterocycles. The van der Waals surface area contributed by atoms with Crippen LogP contribution in [0.25, 0.3) is 66.7 Å². The molecule has 3 nitrogen and oxygen atoms in total. The minimum absolute atomic E-state index is 0.640. The van der Waals surface area contributed by atoms with Gasteiger partial charge in [-0.25, -0.2) is 4.98 Å². The summed E-state index contributed by atoms with van der Waals surface area (Å²) in [4.78, 5) is 7.26. The number of fused-ring (bicyclic) bond motifs is 3. The Hall–Kier alpha value is -6.71. The summed E-state index contributed by atoms with van der Waals surface area (Å²) in [5.41, 5.74) is 13.4. The van der Waals surface area contributed by atoms with Gasteiger partial charge in [0.1, 0.15) is 5.52 Å². The van der Waals surface area contributed by atoms with E-state index in [9.17, 15) is 0 Å². The molecule has 248 valence electrons. The van der Waals surface area contributed by atoms with E-state index < -0.39 is 0 Å². The van der Waals surface area contributed by atoms with Crippen LogP contribution in [0, 0.1) is 0 Å². The zero-order valence-electron chi connectivity index (χ0n) is 28.7. The molecule has 1 aromatic heterocycles. The predicted molar refractivity (Wildman–Crippen MR) is 217 cm³/mol. The fraction of sp³-hybridized carbons (Fsp3) is 0.0408. The van der Waals surface area contributed by atoms with Crippen molar-refractivity contribution in [3.63, 3.8) is 0 Å². The van der Waals surface area contributed by atoms with E-state index >= 15 is 0 Å². The molecule has 3 heteroatoms. The largest absolute Gasteiger partial charge is 0.435 e. The van der Waals surface area contributed by atoms with E-state index in [4.69, 9.17) is 9.40 Å². The molecular formula is C49H36N2O. The van der Waals surface area contributed by atoms with E-state index in [1.807, 2.05) is 36.4 Å². The summed E-state index contributed by atoms with van der Waals surface area (Å²) in [5, 5.41) is 2.19. The van der Waals surface area contributed by atoms with Gasteiger partial charge in [0.05, 0.1) is 0 Å². The Morgan fingerprint density at radius 1 is 0.462 bits per heavy atom. The molecule has 0 atom stereocenters. The van der Waals surface area contributed by atoms with Gasteiger partial charge in [0, 0.05) is 34.4 Å². The fourth-order valence-electron chi connectivity index (χ4n) is 7.12. The summed E-state index contributed by atoms with van der Waals surface area (Å²) in [6.45, 7) is 0.850. The van der Waals surface area contributed by atoms with Crippen molar-refractivity contribution in [2.24, 2.45) is 0 Å². The SMILES string of the molecule is c1ccc(CCN(c2ccc(-c3ccccc3)cc2)c2ccccc2-c2ccc(-c3ccc4ccc5nc(-c6ccccc6)oc5c4c3)cc2)cc1. The quantitative estimate of drug-likeness (QED) is 0.153. The Morgan fingerprint density at radius 2 is 1.02 bits per heavy atom. The van der Waals surface area contributed by atoms with Crippen LogP contribution in [0.15, 0.2) is 199 Å². The molecule has 9 aromatic rings. The van der Waals surface area contributed by atoms with E-state index in [1.54, 1.807) is 0 Å². The zero-order chi connectivity index (χ0) is 34.7. The second-order valence-electron chi connectivity index (χ2n) is 13.1. The van der Waals surface area contributed by atoms with Crippen molar-refractivity contribution in [3.05, 3.63) is 200 Å². The molecule has 0 saturated heterocycles. The smallest absolute Gasteiger partial charge is 0.227 e. The molecule has 0 aliphatic carbocycles. The van der Waals surface area contributed by atoms with Gasteiger partial charge in [-0.15, -0.1) is 0 Å². The Balaban J connectivity index is 1.05. The summed E-state index contributed by atoms with van der Waals surface area (Å²) in [6.07, 6.45) is 0.932. The maximum Gasteiger partial charge on any atom is 0.227 e. The minimum Gasteiger partial charge on any atom is -0.435 e. The molecule has 0 spiro atoms. The Morgan fingerprint density at radius 3 is 1.77 bits per heavy atom. The zero-order valence-corrected chi connectivity index (χ0v) is 28.7. The molecule has 0 radical (unpaired) electrons. The van der Waals surface area contributed by atoms with E-state index in [-0.39, 0.29) is 0 Å². The van der Waals surface area contributed by atoms with Crippen LogP contribution in [0.4, 0.5) is 11.4 Å². The highest BCUT2D eigenvalue weighted by Gasteiger charge is 2.16. The van der Waals surface area contributed by atoms with Gasteiger partial charge >= 0.3 is 0 Å². The second kappa shape index (κ2) is 13.9. The van der Waals surface area contributed by atoms with Gasteiger partial charge in [-0.2, -0.15) is 0 Å². The highest BCUT2D eigenvalue weighted by molar-refractivity contribution is 6.05. The summed E-state index contributed by atoms with van der Waals surface area (Å²) in [6, 6.07) is 68.8. The minimum atomic E-state index is 0.640. The van der Waals surface area contributed by atoms with Crippen LogP contribution >= 0.6 is 0 Å². The number of aromatic nitrogens is 1. The molecule has 0 bridgehead atoms. The van der Waals surface area contributed by atoms with Crippen LogP contribution in [0.5, 0.6) is 0 Å². The molecule has 1 heterocycles. The monoisotopic (exact) mass is 668 g/mol. The lowest BCUT2D eigenvalue weighted by Crippen LogP contribution is -2.21. The van der Waals surface area contributed by atoms with Crippen LogP contribution in [-0.4, -0.2) is 11.5 Å². The maximum absolute atomic E-state index is 6.37. The normalized spacial score (nSPS) is 11.2. The first-order chi connectivity index (χ1) is 25.8. The molecule has 8 aromatic carbocycles. The summed E-state index contributed by atoms with van der Waals surface area (Å²) in [7, 11) is 0. The van der Waals surface area contributed by atoms with Crippen LogP contribution in [0.2, 0.25) is 0 Å². The van der Waals surface area contributed by atoms with Crippen molar-refractivity contribution in [1.82, 2.24) is 4.98 Å². The third kappa shape index (κ3) is 6.25. The van der Waals surface area contributed by atoms with E-state index in [0.29, 0.717) is 5.89 Å². The van der Waals surface area contributed by atoms with Gasteiger partial charge in [0.25, 0.3) is 0 Å². The van der Waals surface area contributed by atoms with Crippen molar-refractivity contribution in [3.8, 4) is 44.8 Å². The van der Waals surface area contributed by atoms with Gasteiger partial charge < -0.3 is 9.32 Å². The molecule has 0 unspecified atom stereocenters. The Labute approximate surface area is 304 Å². The highest BCUT2D eigenvalue weighted by atomic mass is 16.3. The second-order valence-corrected chi connectivity index (χ2v) is 13.1. The fourth-order valence-corrected chi connectivity index (χ4v) is 7.12. The summed E-state index contributed by atoms with van der Waals surface area (Å²) in [5.74, 6) is 0.640. The molecule has 0 aliphatic rings. The lowest BCUT2D eigenvalue weighted by molar-refractivity contribution is 0.623. The molecule has 52 heavy (non-hydrogen) atoms. The maximum atomic E-state index is 6.37. The lowest BCUT2D eigenvalue weighted by Gasteiger charge is -2.28. The molecular weight excluding hydrogens is 633 g/mol. The first kappa shape index (κ1) is 31.3. The van der Waals surface area contributed by atoms with E-state index in [1.165, 1.54) is 39.2 Å². The average Bonchev–Trinajstić information content (AvgIpc) is 3.68. The molecule has 0 saturated carbocycles. The number of para-hydroxylation sites is 1. The van der Waals surface area contributed by atoms with Gasteiger partial charge in [0.2, 0.25) is 5.89 Å². The number of hydrogen-bond donors (Lipinski definition) is 0. The topological polar surface area (TPSA) is 29.3 Å². The number of nitrogens with zero attached hydrogens (tertiary/aromatic N) is 2. The molecule has 9 rings (SSSR count).